The van der Waals surface area contributed by atoms with E-state index in [0.29, 0.717) is 5.56 Å². The van der Waals surface area contributed by atoms with Gasteiger partial charge in [-0.1, -0.05) is 36.4 Å². The highest BCUT2D eigenvalue weighted by Gasteiger charge is 2.40. The molecule has 1 N–H and O–H groups in total. The molecule has 0 unspecified atom stereocenters. The number of hydrogen-bond donors (Lipinski definition) is 1. The second kappa shape index (κ2) is 5.73. The Hall–Kier alpha value is -3.15. The van der Waals surface area contributed by atoms with Gasteiger partial charge in [0.15, 0.2) is 0 Å². The van der Waals surface area contributed by atoms with Crippen LogP contribution in [0.1, 0.15) is 39.9 Å². The Morgan fingerprint density at radius 1 is 1.16 bits per heavy atom. The molecule has 0 aromatic heterocycles. The number of para-hydroxylation sites is 1. The zero-order valence-corrected chi connectivity index (χ0v) is 13.2. The van der Waals surface area contributed by atoms with Gasteiger partial charge in [-0.2, -0.15) is 0 Å². The van der Waals surface area contributed by atoms with Gasteiger partial charge in [0.05, 0.1) is 22.5 Å². The molecule has 2 aromatic carbocycles. The number of rotatable bonds is 3. The molecule has 0 spiro atoms. The number of carbonyl (C=O) groups excluding carboxylic acids is 1. The van der Waals surface area contributed by atoms with Crippen molar-refractivity contribution in [1.29, 1.82) is 0 Å². The van der Waals surface area contributed by atoms with Crippen LogP contribution in [-0.4, -0.2) is 10.9 Å². The molecule has 0 bridgehead atoms. The number of anilines is 1. The van der Waals surface area contributed by atoms with Crippen molar-refractivity contribution in [1.82, 2.24) is 0 Å². The van der Waals surface area contributed by atoms with Crippen LogP contribution in [0.5, 0.6) is 0 Å². The average Bonchev–Trinajstić information content (AvgIpc) is 3.10. The van der Waals surface area contributed by atoms with Gasteiger partial charge in [0.25, 0.3) is 5.69 Å². The summed E-state index contributed by atoms with van der Waals surface area (Å²) in [5, 5.41) is 26.0. The van der Waals surface area contributed by atoms with Crippen LogP contribution in [0.15, 0.2) is 54.6 Å². The zero-order chi connectivity index (χ0) is 17.6. The molecule has 2 aliphatic rings. The number of carboxylic acids is 1. The Morgan fingerprint density at radius 3 is 2.72 bits per heavy atom. The predicted octanol–water partition coefficient (Wildman–Crippen LogP) is 2.78. The third kappa shape index (κ3) is 2.46. The van der Waals surface area contributed by atoms with E-state index in [1.807, 2.05) is 0 Å². The lowest BCUT2D eigenvalue weighted by Crippen LogP contribution is -2.30. The van der Waals surface area contributed by atoms with E-state index in [1.54, 1.807) is 30.3 Å². The molecule has 4 rings (SSSR count). The van der Waals surface area contributed by atoms with Crippen molar-refractivity contribution in [2.24, 2.45) is 5.92 Å². The van der Waals surface area contributed by atoms with Gasteiger partial charge in [0.1, 0.15) is 0 Å². The lowest BCUT2D eigenvalue weighted by molar-refractivity contribution is -0.385. The minimum Gasteiger partial charge on any atom is -0.545 e. The average molecular weight is 335 g/mol. The van der Waals surface area contributed by atoms with Crippen LogP contribution < -0.4 is 10.4 Å². The van der Waals surface area contributed by atoms with E-state index in [0.717, 1.165) is 17.7 Å². The topological polar surface area (TPSA) is 95.3 Å². The van der Waals surface area contributed by atoms with E-state index in [4.69, 9.17) is 0 Å². The van der Waals surface area contributed by atoms with Gasteiger partial charge in [-0.25, -0.2) is 0 Å². The molecule has 0 fully saturated rings. The monoisotopic (exact) mass is 335 g/mol. The number of hydrogen-bond acceptors (Lipinski definition) is 5. The fraction of sp³-hybridized carbons (Fsp3) is 0.211. The van der Waals surface area contributed by atoms with Crippen molar-refractivity contribution in [3.8, 4) is 0 Å². The Kier molecular flexibility index (Phi) is 3.53. The zero-order valence-electron chi connectivity index (χ0n) is 13.2. The van der Waals surface area contributed by atoms with Crippen molar-refractivity contribution in [3.05, 3.63) is 81.4 Å². The maximum Gasteiger partial charge on any atom is 0.274 e. The van der Waals surface area contributed by atoms with Crippen molar-refractivity contribution < 1.29 is 14.8 Å². The number of carbonyl (C=O) groups is 1. The predicted molar refractivity (Wildman–Crippen MR) is 90.2 cm³/mol. The van der Waals surface area contributed by atoms with Gasteiger partial charge in [-0.05, 0) is 35.6 Å². The summed E-state index contributed by atoms with van der Waals surface area (Å²) in [7, 11) is 0. The fourth-order valence-electron chi connectivity index (χ4n) is 3.95. The quantitative estimate of drug-likeness (QED) is 0.529. The number of benzene rings is 2. The van der Waals surface area contributed by atoms with Gasteiger partial charge in [0.2, 0.25) is 0 Å². The Balaban J connectivity index is 1.81. The van der Waals surface area contributed by atoms with Gasteiger partial charge in [-0.15, -0.1) is 0 Å². The summed E-state index contributed by atoms with van der Waals surface area (Å²) in [4.78, 5) is 22.2. The second-order valence-corrected chi connectivity index (χ2v) is 6.38. The summed E-state index contributed by atoms with van der Waals surface area (Å²) < 4.78 is 0. The smallest absolute Gasteiger partial charge is 0.274 e. The number of nitro groups is 1. The number of carboxylic acid groups (broad SMARTS) is 1. The van der Waals surface area contributed by atoms with Crippen LogP contribution >= 0.6 is 0 Å². The summed E-state index contributed by atoms with van der Waals surface area (Å²) in [6, 6.07) is 11.4. The van der Waals surface area contributed by atoms with Crippen LogP contribution in [0.4, 0.5) is 11.4 Å². The van der Waals surface area contributed by atoms with Gasteiger partial charge in [0, 0.05) is 17.7 Å². The molecule has 0 saturated heterocycles. The molecule has 1 aliphatic heterocycles. The number of aromatic carboxylic acids is 1. The normalized spacial score (nSPS) is 23.4. The van der Waals surface area contributed by atoms with Crippen LogP contribution in [0, 0.1) is 16.0 Å². The molecule has 6 heteroatoms. The van der Waals surface area contributed by atoms with E-state index in [9.17, 15) is 20.0 Å². The van der Waals surface area contributed by atoms with E-state index in [2.05, 4.69) is 17.5 Å². The SMILES string of the molecule is O=C([O-])c1ccc2c(c1)[C@H]1C=CC[C@@H]1[C@H](c1ccccc1[N+](=O)[O-])N2. The molecule has 1 heterocycles. The summed E-state index contributed by atoms with van der Waals surface area (Å²) in [6.45, 7) is 0. The van der Waals surface area contributed by atoms with E-state index in [-0.39, 0.29) is 34.1 Å². The first kappa shape index (κ1) is 15.4. The van der Waals surface area contributed by atoms with E-state index in [1.165, 1.54) is 12.1 Å². The number of allylic oxidation sites excluding steroid dienone is 2. The largest absolute Gasteiger partial charge is 0.545 e. The van der Waals surface area contributed by atoms with Gasteiger partial charge >= 0.3 is 0 Å². The van der Waals surface area contributed by atoms with Crippen LogP contribution in [0.25, 0.3) is 0 Å². The molecule has 0 amide bonds. The maximum absolute atomic E-state index is 11.4. The lowest BCUT2D eigenvalue weighted by Gasteiger charge is -2.37. The minimum absolute atomic E-state index is 0.0281. The highest BCUT2D eigenvalue weighted by Crippen LogP contribution is 2.51. The highest BCUT2D eigenvalue weighted by molar-refractivity contribution is 5.87. The first-order valence-corrected chi connectivity index (χ1v) is 8.08. The third-order valence-electron chi connectivity index (χ3n) is 5.07. The van der Waals surface area contributed by atoms with Gasteiger partial charge in [-0.3, -0.25) is 10.1 Å². The summed E-state index contributed by atoms with van der Waals surface area (Å²) in [6.07, 6.45) is 4.90. The van der Waals surface area contributed by atoms with E-state index >= 15 is 0 Å². The molecular weight excluding hydrogens is 320 g/mol. The Labute approximate surface area is 144 Å². The standard InChI is InChI=1S/C19H16N2O4/c22-19(23)11-8-9-16-15(10-11)12-5-3-6-13(12)18(20-16)14-4-1-2-7-17(14)21(24)25/h1-5,7-10,12-13,18,20H,6H2,(H,22,23)/p-1/t12-,13-,18+/m0/s1. The van der Waals surface area contributed by atoms with Crippen LogP contribution in [-0.2, 0) is 0 Å². The van der Waals surface area contributed by atoms with Crippen LogP contribution in [0.2, 0.25) is 0 Å². The number of nitrogens with zero attached hydrogens (tertiary/aromatic N) is 1. The molecule has 0 saturated carbocycles. The van der Waals surface area contributed by atoms with Gasteiger partial charge < -0.3 is 15.2 Å². The molecular formula is C19H15N2O4-. The molecule has 0 radical (unpaired) electrons. The van der Waals surface area contributed by atoms with E-state index < -0.39 is 5.97 Å². The van der Waals surface area contributed by atoms with Crippen molar-refractivity contribution >= 4 is 17.3 Å². The van der Waals surface area contributed by atoms with Crippen molar-refractivity contribution in [2.75, 3.05) is 5.32 Å². The summed E-state index contributed by atoms with van der Waals surface area (Å²) in [5.41, 5.74) is 2.60. The number of nitrogens with one attached hydrogen (secondary N) is 1. The highest BCUT2D eigenvalue weighted by atomic mass is 16.6. The summed E-state index contributed by atoms with van der Waals surface area (Å²) >= 11 is 0. The molecule has 3 atom stereocenters. The molecule has 25 heavy (non-hydrogen) atoms. The second-order valence-electron chi connectivity index (χ2n) is 6.38. The Morgan fingerprint density at radius 2 is 1.96 bits per heavy atom. The van der Waals surface area contributed by atoms with Crippen molar-refractivity contribution in [3.63, 3.8) is 0 Å². The lowest BCUT2D eigenvalue weighted by atomic mass is 9.76. The first-order chi connectivity index (χ1) is 12.1. The maximum atomic E-state index is 11.4. The molecule has 6 nitrogen and oxygen atoms in total. The minimum atomic E-state index is -1.21. The van der Waals surface area contributed by atoms with Crippen LogP contribution in [0.3, 0.4) is 0 Å². The molecule has 2 aromatic rings. The molecule has 1 aliphatic carbocycles. The number of nitro benzene ring substituents is 1. The molecule has 126 valence electrons. The first-order valence-electron chi connectivity index (χ1n) is 8.08. The third-order valence-corrected chi connectivity index (χ3v) is 5.07. The Bertz CT molecular complexity index is 906. The number of fused-ring (bicyclic) bond motifs is 3. The van der Waals surface area contributed by atoms with Crippen molar-refractivity contribution in [2.45, 2.75) is 18.4 Å². The fourth-order valence-corrected chi connectivity index (χ4v) is 3.95. The summed E-state index contributed by atoms with van der Waals surface area (Å²) in [5.74, 6) is -1.08.